The van der Waals surface area contributed by atoms with Crippen LogP contribution >= 0.6 is 12.4 Å². The van der Waals surface area contributed by atoms with Crippen molar-refractivity contribution in [3.05, 3.63) is 0 Å². The van der Waals surface area contributed by atoms with Crippen LogP contribution in [0.5, 0.6) is 0 Å². The van der Waals surface area contributed by atoms with E-state index in [-0.39, 0.29) is 29.8 Å². The Labute approximate surface area is 118 Å². The number of nitrogens with two attached hydrogens (primary N) is 1. The Balaban J connectivity index is 0.00000289. The van der Waals surface area contributed by atoms with Crippen LogP contribution in [0.1, 0.15) is 59.8 Å². The maximum absolute atomic E-state index is 12.0. The van der Waals surface area contributed by atoms with Gasteiger partial charge in [0.05, 0.1) is 6.04 Å². The smallest absolute Gasteiger partial charge is 0.237 e. The SMILES string of the molecule is CC(NC(=O)[C@@H](N)C(C)(C)C)C1CCCCC1.Cl. The number of carbonyl (C=O) groups is 1. The summed E-state index contributed by atoms with van der Waals surface area (Å²) >= 11 is 0. The average Bonchev–Trinajstić information content (AvgIpc) is 2.27. The van der Waals surface area contributed by atoms with Gasteiger partial charge in [-0.15, -0.1) is 12.4 Å². The molecule has 3 nitrogen and oxygen atoms in total. The number of rotatable bonds is 3. The molecule has 0 spiro atoms. The molecule has 1 amide bonds. The Hall–Kier alpha value is -0.280. The van der Waals surface area contributed by atoms with E-state index < -0.39 is 6.04 Å². The first kappa shape index (κ1) is 17.7. The predicted molar refractivity (Wildman–Crippen MR) is 78.9 cm³/mol. The van der Waals surface area contributed by atoms with Crippen LogP contribution < -0.4 is 11.1 Å². The average molecular weight is 277 g/mol. The number of amides is 1. The van der Waals surface area contributed by atoms with Crippen molar-refractivity contribution in [1.82, 2.24) is 5.32 Å². The molecule has 1 fully saturated rings. The highest BCUT2D eigenvalue weighted by Gasteiger charge is 2.29. The fourth-order valence-corrected chi connectivity index (χ4v) is 2.46. The maximum atomic E-state index is 12.0. The van der Waals surface area contributed by atoms with E-state index in [4.69, 9.17) is 5.73 Å². The molecule has 0 aliphatic heterocycles. The fourth-order valence-electron chi connectivity index (χ4n) is 2.46. The zero-order valence-corrected chi connectivity index (χ0v) is 13.0. The number of hydrogen-bond donors (Lipinski definition) is 2. The summed E-state index contributed by atoms with van der Waals surface area (Å²) in [6, 6.07) is -0.162. The summed E-state index contributed by atoms with van der Waals surface area (Å²) in [4.78, 5) is 12.0. The van der Waals surface area contributed by atoms with Crippen molar-refractivity contribution in [1.29, 1.82) is 0 Å². The molecule has 1 aliphatic rings. The summed E-state index contributed by atoms with van der Waals surface area (Å²) in [6.45, 7) is 8.12. The molecule has 2 atom stereocenters. The summed E-state index contributed by atoms with van der Waals surface area (Å²) in [6.07, 6.45) is 6.43. The van der Waals surface area contributed by atoms with Gasteiger partial charge in [0, 0.05) is 6.04 Å². The molecule has 0 radical (unpaired) electrons. The largest absolute Gasteiger partial charge is 0.352 e. The van der Waals surface area contributed by atoms with Crippen molar-refractivity contribution in [2.24, 2.45) is 17.1 Å². The molecule has 0 aromatic carbocycles. The Bertz CT molecular complexity index is 257. The van der Waals surface area contributed by atoms with Crippen LogP contribution in [0.4, 0.5) is 0 Å². The minimum absolute atomic E-state index is 0. The normalized spacial score (nSPS) is 20.7. The van der Waals surface area contributed by atoms with Gasteiger partial charge in [0.1, 0.15) is 0 Å². The van der Waals surface area contributed by atoms with Crippen molar-refractivity contribution in [2.45, 2.75) is 71.9 Å². The van der Waals surface area contributed by atoms with Crippen molar-refractivity contribution in [3.8, 4) is 0 Å². The van der Waals surface area contributed by atoms with E-state index in [0.717, 1.165) is 0 Å². The van der Waals surface area contributed by atoms with E-state index in [9.17, 15) is 4.79 Å². The van der Waals surface area contributed by atoms with Gasteiger partial charge in [0.15, 0.2) is 0 Å². The lowest BCUT2D eigenvalue weighted by Crippen LogP contribution is -2.52. The van der Waals surface area contributed by atoms with Crippen molar-refractivity contribution in [3.63, 3.8) is 0 Å². The minimum atomic E-state index is -0.423. The standard InChI is InChI=1S/C14H28N2O.ClH/c1-10(11-8-6-5-7-9-11)16-13(17)12(15)14(2,3)4;/h10-12H,5-9,15H2,1-4H3,(H,16,17);1H/t10?,12-;/m1./s1. The van der Waals surface area contributed by atoms with E-state index >= 15 is 0 Å². The number of halogens is 1. The summed E-state index contributed by atoms with van der Waals surface area (Å²) in [7, 11) is 0. The van der Waals surface area contributed by atoms with Gasteiger partial charge in [-0.3, -0.25) is 4.79 Å². The molecule has 0 heterocycles. The van der Waals surface area contributed by atoms with E-state index in [1.807, 2.05) is 20.8 Å². The minimum Gasteiger partial charge on any atom is -0.352 e. The molecule has 18 heavy (non-hydrogen) atoms. The van der Waals surface area contributed by atoms with Crippen LogP contribution in [0.3, 0.4) is 0 Å². The lowest BCUT2D eigenvalue weighted by molar-refractivity contribution is -0.125. The lowest BCUT2D eigenvalue weighted by Gasteiger charge is -2.31. The molecule has 1 unspecified atom stereocenters. The van der Waals surface area contributed by atoms with E-state index in [0.29, 0.717) is 5.92 Å². The second-order valence-electron chi connectivity index (χ2n) is 6.54. The summed E-state index contributed by atoms with van der Waals surface area (Å²) in [5, 5.41) is 3.09. The molecule has 108 valence electrons. The van der Waals surface area contributed by atoms with Gasteiger partial charge in [0.2, 0.25) is 5.91 Å². The van der Waals surface area contributed by atoms with Gasteiger partial charge >= 0.3 is 0 Å². The first-order valence-corrected chi connectivity index (χ1v) is 6.88. The van der Waals surface area contributed by atoms with Gasteiger partial charge in [-0.05, 0) is 31.1 Å². The molecular weight excluding hydrogens is 248 g/mol. The zero-order valence-electron chi connectivity index (χ0n) is 12.2. The van der Waals surface area contributed by atoms with Crippen molar-refractivity contribution < 1.29 is 4.79 Å². The number of nitrogens with one attached hydrogen (secondary N) is 1. The van der Waals surface area contributed by atoms with E-state index in [1.54, 1.807) is 0 Å². The summed E-state index contributed by atoms with van der Waals surface area (Å²) in [5.74, 6) is 0.635. The lowest BCUT2D eigenvalue weighted by atomic mass is 9.83. The third kappa shape index (κ3) is 5.15. The third-order valence-corrected chi connectivity index (χ3v) is 3.94. The topological polar surface area (TPSA) is 55.1 Å². The fraction of sp³-hybridized carbons (Fsp3) is 0.929. The molecule has 0 aromatic heterocycles. The number of hydrogen-bond acceptors (Lipinski definition) is 2. The first-order valence-electron chi connectivity index (χ1n) is 6.88. The van der Waals surface area contributed by atoms with Crippen LogP contribution in [-0.2, 0) is 4.79 Å². The van der Waals surface area contributed by atoms with Crippen molar-refractivity contribution in [2.75, 3.05) is 0 Å². The van der Waals surface area contributed by atoms with Gasteiger partial charge in [-0.25, -0.2) is 0 Å². The zero-order chi connectivity index (χ0) is 13.1. The second kappa shape index (κ2) is 7.34. The summed E-state index contributed by atoms with van der Waals surface area (Å²) < 4.78 is 0. The van der Waals surface area contributed by atoms with E-state index in [2.05, 4.69) is 12.2 Å². The van der Waals surface area contributed by atoms with Gasteiger partial charge in [-0.1, -0.05) is 40.0 Å². The monoisotopic (exact) mass is 276 g/mol. The third-order valence-electron chi connectivity index (χ3n) is 3.94. The Morgan fingerprint density at radius 1 is 1.22 bits per heavy atom. The quantitative estimate of drug-likeness (QED) is 0.833. The van der Waals surface area contributed by atoms with Gasteiger partial charge in [0.25, 0.3) is 0 Å². The predicted octanol–water partition coefficient (Wildman–Crippen LogP) is 2.87. The van der Waals surface area contributed by atoms with Gasteiger partial charge < -0.3 is 11.1 Å². The van der Waals surface area contributed by atoms with Crippen molar-refractivity contribution >= 4 is 18.3 Å². The van der Waals surface area contributed by atoms with Crippen LogP contribution in [0.25, 0.3) is 0 Å². The highest BCUT2D eigenvalue weighted by molar-refractivity contribution is 5.85. The van der Waals surface area contributed by atoms with Crippen LogP contribution in [-0.4, -0.2) is 18.0 Å². The Kier molecular flexibility index (Phi) is 7.23. The molecule has 3 N–H and O–H groups in total. The second-order valence-corrected chi connectivity index (χ2v) is 6.54. The highest BCUT2D eigenvalue weighted by Crippen LogP contribution is 2.26. The molecule has 0 aromatic rings. The molecule has 1 rings (SSSR count). The molecule has 1 saturated carbocycles. The highest BCUT2D eigenvalue weighted by atomic mass is 35.5. The molecule has 0 bridgehead atoms. The summed E-state index contributed by atoms with van der Waals surface area (Å²) in [5.41, 5.74) is 5.79. The molecule has 1 aliphatic carbocycles. The molecule has 4 heteroatoms. The molecule has 0 saturated heterocycles. The Morgan fingerprint density at radius 3 is 2.17 bits per heavy atom. The molecular formula is C14H29ClN2O. The maximum Gasteiger partial charge on any atom is 0.237 e. The van der Waals surface area contributed by atoms with Gasteiger partial charge in [-0.2, -0.15) is 0 Å². The van der Waals surface area contributed by atoms with E-state index in [1.165, 1.54) is 32.1 Å². The van der Waals surface area contributed by atoms with Crippen LogP contribution in [0.15, 0.2) is 0 Å². The number of carbonyl (C=O) groups excluding carboxylic acids is 1. The Morgan fingerprint density at radius 2 is 1.72 bits per heavy atom. The van der Waals surface area contributed by atoms with Crippen LogP contribution in [0.2, 0.25) is 0 Å². The van der Waals surface area contributed by atoms with Crippen LogP contribution in [0, 0.1) is 11.3 Å². The first-order chi connectivity index (χ1) is 7.82.